The molecule has 9 heteroatoms. The molecule has 2 aromatic heterocycles. The summed E-state index contributed by atoms with van der Waals surface area (Å²) in [7, 11) is 0. The third kappa shape index (κ3) is 4.30. The van der Waals surface area contributed by atoms with Gasteiger partial charge in [-0.05, 0) is 32.6 Å². The zero-order valence-electron chi connectivity index (χ0n) is 19.2. The van der Waals surface area contributed by atoms with Crippen LogP contribution in [0.4, 0.5) is 0 Å². The van der Waals surface area contributed by atoms with E-state index < -0.39 is 0 Å². The number of amides is 2. The summed E-state index contributed by atoms with van der Waals surface area (Å²) >= 11 is 0. The highest BCUT2D eigenvalue weighted by molar-refractivity contribution is 5.79. The summed E-state index contributed by atoms with van der Waals surface area (Å²) in [6.07, 6.45) is 3.24. The van der Waals surface area contributed by atoms with Crippen molar-refractivity contribution in [2.75, 3.05) is 32.8 Å². The van der Waals surface area contributed by atoms with E-state index in [1.807, 2.05) is 31.7 Å². The number of carbonyl (C=O) groups excluding carboxylic acids is 2. The number of ether oxygens (including phenoxy) is 1. The summed E-state index contributed by atoms with van der Waals surface area (Å²) in [5.41, 5.74) is 2.41. The van der Waals surface area contributed by atoms with Gasteiger partial charge in [0, 0.05) is 49.3 Å². The van der Waals surface area contributed by atoms with E-state index in [4.69, 9.17) is 4.74 Å². The second kappa shape index (κ2) is 9.44. The number of hydrogen-bond donors (Lipinski definition) is 1. The van der Waals surface area contributed by atoms with Crippen LogP contribution in [0.5, 0.6) is 0 Å². The number of aromatic amines is 1. The number of hydrogen-bond acceptors (Lipinski definition) is 5. The minimum Gasteiger partial charge on any atom is -0.378 e. The quantitative estimate of drug-likeness (QED) is 0.734. The molecule has 1 N–H and O–H groups in total. The first-order chi connectivity index (χ1) is 15.4. The number of carbonyl (C=O) groups is 2. The summed E-state index contributed by atoms with van der Waals surface area (Å²) in [4.78, 5) is 46.9. The lowest BCUT2D eigenvalue weighted by Crippen LogP contribution is -2.41. The average molecular weight is 444 g/mol. The van der Waals surface area contributed by atoms with Gasteiger partial charge in [0.2, 0.25) is 11.8 Å². The van der Waals surface area contributed by atoms with Gasteiger partial charge in [0.05, 0.1) is 24.9 Å². The molecule has 2 atom stereocenters. The predicted molar refractivity (Wildman–Crippen MR) is 119 cm³/mol. The highest BCUT2D eigenvalue weighted by Gasteiger charge is 2.33. The Kier molecular flexibility index (Phi) is 6.64. The molecule has 32 heavy (non-hydrogen) atoms. The Hall–Kier alpha value is -2.68. The third-order valence-electron chi connectivity index (χ3n) is 6.82. The van der Waals surface area contributed by atoms with E-state index in [1.54, 1.807) is 4.90 Å². The Labute approximate surface area is 187 Å². The highest BCUT2D eigenvalue weighted by Crippen LogP contribution is 2.33. The second-order valence-corrected chi connectivity index (χ2v) is 8.88. The first kappa shape index (κ1) is 22.5. The highest BCUT2D eigenvalue weighted by atomic mass is 16.5. The number of morpholine rings is 1. The lowest BCUT2D eigenvalue weighted by molar-refractivity contribution is -0.136. The largest absolute Gasteiger partial charge is 0.378 e. The normalized spacial score (nSPS) is 20.2. The van der Waals surface area contributed by atoms with E-state index >= 15 is 0 Å². The fourth-order valence-electron chi connectivity index (χ4n) is 4.66. The SMILES string of the molecule is CC[C@@H](C)C(=O)N1CCC[C@H]1c1cc2nc(C)c(CCC(=O)N3CCOCC3)c(=O)n2[nH]1. The minimum atomic E-state index is -0.175. The maximum absolute atomic E-state index is 13.2. The van der Waals surface area contributed by atoms with E-state index in [1.165, 1.54) is 4.52 Å². The molecule has 0 radical (unpaired) electrons. The molecule has 174 valence electrons. The van der Waals surface area contributed by atoms with Gasteiger partial charge < -0.3 is 14.5 Å². The standard InChI is InChI=1S/C23H33N5O4/c1-4-15(2)22(30)27-9-5-6-19(27)18-14-20-24-16(3)17(23(31)28(20)25-18)7-8-21(29)26-10-12-32-13-11-26/h14-15,19,25H,4-13H2,1-3H3/t15-,19+/m1/s1. The van der Waals surface area contributed by atoms with E-state index in [0.29, 0.717) is 49.6 Å². The van der Waals surface area contributed by atoms with Gasteiger partial charge in [0.1, 0.15) is 0 Å². The Morgan fingerprint density at radius 3 is 2.75 bits per heavy atom. The monoisotopic (exact) mass is 443 g/mol. The second-order valence-electron chi connectivity index (χ2n) is 8.88. The molecule has 2 aromatic rings. The van der Waals surface area contributed by atoms with Crippen LogP contribution in [-0.2, 0) is 20.7 Å². The molecule has 0 spiro atoms. The van der Waals surface area contributed by atoms with Crippen molar-refractivity contribution in [3.63, 3.8) is 0 Å². The molecule has 2 fully saturated rings. The van der Waals surface area contributed by atoms with Crippen LogP contribution in [0, 0.1) is 12.8 Å². The van der Waals surface area contributed by atoms with Crippen molar-refractivity contribution in [1.29, 1.82) is 0 Å². The third-order valence-corrected chi connectivity index (χ3v) is 6.82. The number of aryl methyl sites for hydroxylation is 1. The lowest BCUT2D eigenvalue weighted by Gasteiger charge is -2.26. The molecule has 4 rings (SSSR count). The van der Waals surface area contributed by atoms with Crippen LogP contribution in [0.15, 0.2) is 10.9 Å². The number of nitrogens with one attached hydrogen (secondary N) is 1. The van der Waals surface area contributed by atoms with Crippen molar-refractivity contribution < 1.29 is 14.3 Å². The molecule has 0 bridgehead atoms. The molecule has 0 aromatic carbocycles. The van der Waals surface area contributed by atoms with Gasteiger partial charge in [-0.2, -0.15) is 0 Å². The van der Waals surface area contributed by atoms with Gasteiger partial charge in [-0.3, -0.25) is 19.5 Å². The Balaban J connectivity index is 1.55. The van der Waals surface area contributed by atoms with E-state index in [9.17, 15) is 14.4 Å². The van der Waals surface area contributed by atoms with Crippen LogP contribution in [-0.4, -0.2) is 69.1 Å². The molecular formula is C23H33N5O4. The molecule has 2 aliphatic rings. The smallest absolute Gasteiger partial charge is 0.276 e. The van der Waals surface area contributed by atoms with Gasteiger partial charge in [-0.15, -0.1) is 0 Å². The van der Waals surface area contributed by atoms with Crippen molar-refractivity contribution >= 4 is 17.5 Å². The number of aromatic nitrogens is 3. The van der Waals surface area contributed by atoms with Crippen molar-refractivity contribution in [3.8, 4) is 0 Å². The van der Waals surface area contributed by atoms with Crippen LogP contribution in [0.1, 0.15) is 62.5 Å². The summed E-state index contributed by atoms with van der Waals surface area (Å²) in [6, 6.07) is 1.81. The summed E-state index contributed by atoms with van der Waals surface area (Å²) in [5, 5.41) is 3.20. The summed E-state index contributed by atoms with van der Waals surface area (Å²) < 4.78 is 6.76. The molecule has 4 heterocycles. The van der Waals surface area contributed by atoms with Crippen LogP contribution in [0.25, 0.3) is 5.65 Å². The molecule has 0 unspecified atom stereocenters. The maximum Gasteiger partial charge on any atom is 0.276 e. The first-order valence-electron chi connectivity index (χ1n) is 11.7. The van der Waals surface area contributed by atoms with Gasteiger partial charge in [0.15, 0.2) is 5.65 Å². The zero-order valence-corrected chi connectivity index (χ0v) is 19.2. The molecular weight excluding hydrogens is 410 g/mol. The van der Waals surface area contributed by atoms with Crippen LogP contribution < -0.4 is 5.56 Å². The number of H-pyrrole nitrogens is 1. The molecule has 9 nitrogen and oxygen atoms in total. The first-order valence-corrected chi connectivity index (χ1v) is 11.7. The van der Waals surface area contributed by atoms with E-state index in [0.717, 1.165) is 31.5 Å². The van der Waals surface area contributed by atoms with Gasteiger partial charge in [-0.25, -0.2) is 9.50 Å². The topological polar surface area (TPSA) is 100 Å². The van der Waals surface area contributed by atoms with Crippen molar-refractivity contribution in [1.82, 2.24) is 24.4 Å². The van der Waals surface area contributed by atoms with Gasteiger partial charge >= 0.3 is 0 Å². The van der Waals surface area contributed by atoms with E-state index in [-0.39, 0.29) is 35.8 Å². The number of likely N-dealkylation sites (tertiary alicyclic amines) is 1. The fourth-order valence-corrected chi connectivity index (χ4v) is 4.66. The average Bonchev–Trinajstić information content (AvgIpc) is 3.45. The zero-order chi connectivity index (χ0) is 22.8. The molecule has 2 saturated heterocycles. The van der Waals surface area contributed by atoms with Crippen LogP contribution in [0.3, 0.4) is 0 Å². The van der Waals surface area contributed by atoms with Gasteiger partial charge in [0.25, 0.3) is 5.56 Å². The Bertz CT molecular complexity index is 1050. The number of rotatable bonds is 6. The van der Waals surface area contributed by atoms with Crippen molar-refractivity contribution in [3.05, 3.63) is 33.4 Å². The Morgan fingerprint density at radius 1 is 1.28 bits per heavy atom. The van der Waals surface area contributed by atoms with Crippen LogP contribution >= 0.6 is 0 Å². The lowest BCUT2D eigenvalue weighted by atomic mass is 10.1. The molecule has 2 aliphatic heterocycles. The molecule has 0 saturated carbocycles. The van der Waals surface area contributed by atoms with E-state index in [2.05, 4.69) is 10.1 Å². The summed E-state index contributed by atoms with van der Waals surface area (Å²) in [5.74, 6) is 0.181. The van der Waals surface area contributed by atoms with Crippen molar-refractivity contribution in [2.45, 2.75) is 58.9 Å². The number of fused-ring (bicyclic) bond motifs is 1. The summed E-state index contributed by atoms with van der Waals surface area (Å²) in [6.45, 7) is 8.85. The van der Waals surface area contributed by atoms with Crippen LogP contribution in [0.2, 0.25) is 0 Å². The molecule has 2 amide bonds. The number of nitrogens with zero attached hydrogens (tertiary/aromatic N) is 4. The predicted octanol–water partition coefficient (Wildman–Crippen LogP) is 1.83. The van der Waals surface area contributed by atoms with Gasteiger partial charge in [-0.1, -0.05) is 13.8 Å². The maximum atomic E-state index is 13.2. The minimum absolute atomic E-state index is 0.0151. The molecule has 0 aliphatic carbocycles. The van der Waals surface area contributed by atoms with Crippen molar-refractivity contribution in [2.24, 2.45) is 5.92 Å². The fraction of sp³-hybridized carbons (Fsp3) is 0.652. The Morgan fingerprint density at radius 2 is 2.03 bits per heavy atom.